The van der Waals surface area contributed by atoms with Crippen LogP contribution in [0.2, 0.25) is 0 Å². The second-order valence-corrected chi connectivity index (χ2v) is 6.59. The van der Waals surface area contributed by atoms with E-state index in [1.54, 1.807) is 5.57 Å². The smallest absolute Gasteiger partial charge is 0.119 e. The van der Waals surface area contributed by atoms with Crippen LogP contribution in [0.4, 0.5) is 0 Å². The Balaban J connectivity index is 1.58. The molecule has 0 aliphatic heterocycles. The maximum absolute atomic E-state index is 5.78. The number of rotatable bonds is 11. The summed E-state index contributed by atoms with van der Waals surface area (Å²) in [6.07, 6.45) is 14.0. The minimum absolute atomic E-state index is 0.840. The minimum atomic E-state index is 0.840. The summed E-state index contributed by atoms with van der Waals surface area (Å²) < 4.78 is 5.78. The third-order valence-corrected chi connectivity index (χ3v) is 4.53. The van der Waals surface area contributed by atoms with Gasteiger partial charge in [-0.15, -0.1) is 0 Å². The lowest BCUT2D eigenvalue weighted by Crippen LogP contribution is -2.15. The standard InChI is InChI=1S/C21H33NO/c1-2-3-4-8-17-23-21-13-11-20(12-14-21)18-22-16-15-19-9-6-5-7-10-19/h9,11-14,22H,2-8,10,15-18H2,1H3. The summed E-state index contributed by atoms with van der Waals surface area (Å²) in [5.41, 5.74) is 2.98. The molecule has 128 valence electrons. The molecule has 23 heavy (non-hydrogen) atoms. The van der Waals surface area contributed by atoms with E-state index in [9.17, 15) is 0 Å². The highest BCUT2D eigenvalue weighted by atomic mass is 16.5. The van der Waals surface area contributed by atoms with Gasteiger partial charge in [-0.2, -0.15) is 0 Å². The maximum atomic E-state index is 5.78. The summed E-state index contributed by atoms with van der Waals surface area (Å²) in [4.78, 5) is 0. The molecule has 0 saturated carbocycles. The van der Waals surface area contributed by atoms with Crippen molar-refractivity contribution in [2.45, 2.75) is 71.3 Å². The van der Waals surface area contributed by atoms with E-state index in [0.717, 1.165) is 31.9 Å². The van der Waals surface area contributed by atoms with Crippen LogP contribution in [0, 0.1) is 0 Å². The molecule has 0 radical (unpaired) electrons. The Morgan fingerprint density at radius 2 is 1.91 bits per heavy atom. The van der Waals surface area contributed by atoms with Crippen LogP contribution in [-0.4, -0.2) is 13.2 Å². The van der Waals surface area contributed by atoms with Crippen LogP contribution in [0.3, 0.4) is 0 Å². The highest BCUT2D eigenvalue weighted by molar-refractivity contribution is 5.27. The van der Waals surface area contributed by atoms with E-state index in [2.05, 4.69) is 42.6 Å². The fourth-order valence-corrected chi connectivity index (χ4v) is 3.04. The zero-order valence-electron chi connectivity index (χ0n) is 14.8. The van der Waals surface area contributed by atoms with Gasteiger partial charge in [0.1, 0.15) is 5.75 Å². The summed E-state index contributed by atoms with van der Waals surface area (Å²) in [7, 11) is 0. The first kappa shape index (κ1) is 18.1. The molecule has 0 atom stereocenters. The quantitative estimate of drug-likeness (QED) is 0.422. The number of hydrogen-bond donors (Lipinski definition) is 1. The Bertz CT molecular complexity index is 449. The van der Waals surface area contributed by atoms with Crippen LogP contribution >= 0.6 is 0 Å². The predicted molar refractivity (Wildman–Crippen MR) is 99.0 cm³/mol. The molecule has 2 rings (SSSR count). The molecule has 0 bridgehead atoms. The first-order valence-corrected chi connectivity index (χ1v) is 9.49. The molecular weight excluding hydrogens is 282 g/mol. The first-order chi connectivity index (χ1) is 11.4. The lowest BCUT2D eigenvalue weighted by Gasteiger charge is -2.13. The molecule has 0 aromatic heterocycles. The SMILES string of the molecule is CCCCCCOc1ccc(CNCCC2=CCCCC2)cc1. The van der Waals surface area contributed by atoms with Crippen molar-refractivity contribution < 1.29 is 4.74 Å². The Morgan fingerprint density at radius 3 is 2.65 bits per heavy atom. The number of allylic oxidation sites excluding steroid dienone is 1. The van der Waals surface area contributed by atoms with Gasteiger partial charge >= 0.3 is 0 Å². The van der Waals surface area contributed by atoms with Gasteiger partial charge < -0.3 is 10.1 Å². The predicted octanol–water partition coefficient (Wildman–Crippen LogP) is 5.63. The molecule has 1 aromatic carbocycles. The third-order valence-electron chi connectivity index (χ3n) is 4.53. The Labute approximate surface area is 142 Å². The van der Waals surface area contributed by atoms with Crippen LogP contribution in [-0.2, 0) is 6.54 Å². The Hall–Kier alpha value is -1.28. The molecular formula is C21H33NO. The summed E-state index contributed by atoms with van der Waals surface area (Å²) in [5.74, 6) is 0.998. The summed E-state index contributed by atoms with van der Waals surface area (Å²) in [6, 6.07) is 8.55. The lowest BCUT2D eigenvalue weighted by molar-refractivity contribution is 0.305. The number of unbranched alkanes of at least 4 members (excludes halogenated alkanes) is 3. The Morgan fingerprint density at radius 1 is 1.04 bits per heavy atom. The van der Waals surface area contributed by atoms with Gasteiger partial charge in [-0.05, 0) is 62.8 Å². The van der Waals surface area contributed by atoms with Crippen molar-refractivity contribution in [3.05, 3.63) is 41.5 Å². The summed E-state index contributed by atoms with van der Waals surface area (Å²) in [6.45, 7) is 5.11. The van der Waals surface area contributed by atoms with Crippen LogP contribution in [0.15, 0.2) is 35.9 Å². The zero-order chi connectivity index (χ0) is 16.2. The van der Waals surface area contributed by atoms with Gasteiger partial charge in [0.15, 0.2) is 0 Å². The van der Waals surface area contributed by atoms with Gasteiger partial charge in [0, 0.05) is 6.54 Å². The molecule has 1 aromatic rings. The number of benzene rings is 1. The first-order valence-electron chi connectivity index (χ1n) is 9.49. The molecule has 2 heteroatoms. The van der Waals surface area contributed by atoms with Crippen LogP contribution in [0.25, 0.3) is 0 Å². The normalized spacial score (nSPS) is 14.6. The molecule has 0 heterocycles. The van der Waals surface area contributed by atoms with Crippen molar-refractivity contribution in [3.8, 4) is 5.75 Å². The van der Waals surface area contributed by atoms with E-state index in [1.807, 2.05) is 0 Å². The summed E-state index contributed by atoms with van der Waals surface area (Å²) >= 11 is 0. The van der Waals surface area contributed by atoms with Crippen molar-refractivity contribution in [1.29, 1.82) is 0 Å². The fraction of sp³-hybridized carbons (Fsp3) is 0.619. The minimum Gasteiger partial charge on any atom is -0.494 e. The number of nitrogens with one attached hydrogen (secondary N) is 1. The van der Waals surface area contributed by atoms with Crippen molar-refractivity contribution >= 4 is 0 Å². The number of ether oxygens (including phenoxy) is 1. The van der Waals surface area contributed by atoms with Gasteiger partial charge in [0.25, 0.3) is 0 Å². The third kappa shape index (κ3) is 7.69. The average molecular weight is 316 g/mol. The molecule has 0 fully saturated rings. The highest BCUT2D eigenvalue weighted by Gasteiger charge is 2.03. The van der Waals surface area contributed by atoms with Crippen molar-refractivity contribution in [2.75, 3.05) is 13.2 Å². The lowest BCUT2D eigenvalue weighted by atomic mass is 9.97. The molecule has 0 spiro atoms. The fourth-order valence-electron chi connectivity index (χ4n) is 3.04. The average Bonchev–Trinajstić information content (AvgIpc) is 2.61. The number of hydrogen-bond acceptors (Lipinski definition) is 2. The van der Waals surface area contributed by atoms with Crippen LogP contribution in [0.1, 0.15) is 70.3 Å². The molecule has 0 amide bonds. The zero-order valence-corrected chi connectivity index (χ0v) is 14.8. The van der Waals surface area contributed by atoms with Crippen LogP contribution in [0.5, 0.6) is 5.75 Å². The van der Waals surface area contributed by atoms with E-state index >= 15 is 0 Å². The molecule has 1 N–H and O–H groups in total. The largest absolute Gasteiger partial charge is 0.494 e. The molecule has 1 aliphatic rings. The topological polar surface area (TPSA) is 21.3 Å². The second kappa shape index (κ2) is 11.3. The second-order valence-electron chi connectivity index (χ2n) is 6.59. The van der Waals surface area contributed by atoms with Gasteiger partial charge in [-0.25, -0.2) is 0 Å². The van der Waals surface area contributed by atoms with Crippen molar-refractivity contribution in [2.24, 2.45) is 0 Å². The van der Waals surface area contributed by atoms with Gasteiger partial charge in [-0.3, -0.25) is 0 Å². The van der Waals surface area contributed by atoms with Gasteiger partial charge in [-0.1, -0.05) is 50.0 Å². The van der Waals surface area contributed by atoms with Gasteiger partial charge in [0.2, 0.25) is 0 Å². The van der Waals surface area contributed by atoms with E-state index in [4.69, 9.17) is 4.74 Å². The monoisotopic (exact) mass is 315 g/mol. The van der Waals surface area contributed by atoms with Crippen LogP contribution < -0.4 is 10.1 Å². The highest BCUT2D eigenvalue weighted by Crippen LogP contribution is 2.19. The van der Waals surface area contributed by atoms with Crippen molar-refractivity contribution in [3.63, 3.8) is 0 Å². The van der Waals surface area contributed by atoms with Gasteiger partial charge in [0.05, 0.1) is 6.61 Å². The molecule has 0 unspecified atom stereocenters. The van der Waals surface area contributed by atoms with E-state index in [1.165, 1.54) is 56.9 Å². The summed E-state index contributed by atoms with van der Waals surface area (Å²) in [5, 5.41) is 3.55. The van der Waals surface area contributed by atoms with E-state index < -0.39 is 0 Å². The maximum Gasteiger partial charge on any atom is 0.119 e. The molecule has 1 aliphatic carbocycles. The molecule has 2 nitrogen and oxygen atoms in total. The molecule has 0 saturated heterocycles. The van der Waals surface area contributed by atoms with E-state index in [0.29, 0.717) is 0 Å². The Kier molecular flexibility index (Phi) is 8.86. The van der Waals surface area contributed by atoms with Crippen molar-refractivity contribution in [1.82, 2.24) is 5.32 Å². The van der Waals surface area contributed by atoms with E-state index in [-0.39, 0.29) is 0 Å².